The average Bonchev–Trinajstić information content (AvgIpc) is 2.79. The summed E-state index contributed by atoms with van der Waals surface area (Å²) in [6.07, 6.45) is 4.12. The normalized spacial score (nSPS) is 27.2. The molecule has 0 spiro atoms. The van der Waals surface area contributed by atoms with Crippen LogP contribution >= 0.6 is 11.6 Å². The van der Waals surface area contributed by atoms with Gasteiger partial charge < -0.3 is 24.8 Å². The van der Waals surface area contributed by atoms with Crippen molar-refractivity contribution in [1.82, 2.24) is 0 Å². The highest BCUT2D eigenvalue weighted by atomic mass is 35.5. The molecule has 4 atom stereocenters. The minimum absolute atomic E-state index is 0.270. The Morgan fingerprint density at radius 3 is 2.45 bits per heavy atom. The monoisotopic (exact) mass is 446 g/mol. The smallest absolute Gasteiger partial charge is 0.119 e. The van der Waals surface area contributed by atoms with Crippen LogP contribution in [0.3, 0.4) is 0 Å². The molecule has 1 heterocycles. The van der Waals surface area contributed by atoms with Gasteiger partial charge >= 0.3 is 0 Å². The standard InChI is InChI=1S/C25H31ClO5/c26-21-11-8-17(23-14-22(28)25(29)24(15-27)31-23)13-18(21)12-16-6-9-20(10-7-16)30-19-4-2-1-3-5-19/h6-11,13,19,22-25,27-29H,1-5,12,14-15H2. The molecule has 0 amide bonds. The third kappa shape index (κ3) is 5.60. The van der Waals surface area contributed by atoms with Crippen LogP contribution in [0.5, 0.6) is 5.75 Å². The number of benzene rings is 2. The number of ether oxygens (including phenoxy) is 2. The second-order valence-corrected chi connectivity index (χ2v) is 9.10. The van der Waals surface area contributed by atoms with Crippen LogP contribution in [0.15, 0.2) is 42.5 Å². The van der Waals surface area contributed by atoms with Crippen molar-refractivity contribution in [2.75, 3.05) is 6.61 Å². The predicted molar refractivity (Wildman–Crippen MR) is 120 cm³/mol. The largest absolute Gasteiger partial charge is 0.490 e. The van der Waals surface area contributed by atoms with Crippen LogP contribution in [-0.2, 0) is 11.2 Å². The van der Waals surface area contributed by atoms with E-state index in [0.717, 1.165) is 35.3 Å². The highest BCUT2D eigenvalue weighted by molar-refractivity contribution is 6.31. The molecule has 4 unspecified atom stereocenters. The van der Waals surface area contributed by atoms with Gasteiger partial charge in [-0.15, -0.1) is 0 Å². The SMILES string of the molecule is OCC1OC(c2ccc(Cl)c(Cc3ccc(OC4CCCCC4)cc3)c2)CC(O)C1O. The molecule has 31 heavy (non-hydrogen) atoms. The highest BCUT2D eigenvalue weighted by Gasteiger charge is 2.37. The quantitative estimate of drug-likeness (QED) is 0.620. The molecule has 2 aliphatic rings. The van der Waals surface area contributed by atoms with Crippen molar-refractivity contribution in [3.8, 4) is 5.75 Å². The van der Waals surface area contributed by atoms with E-state index in [9.17, 15) is 15.3 Å². The number of halogens is 1. The number of hydrogen-bond acceptors (Lipinski definition) is 5. The van der Waals surface area contributed by atoms with E-state index in [1.807, 2.05) is 30.3 Å². The lowest BCUT2D eigenvalue weighted by atomic mass is 9.92. The van der Waals surface area contributed by atoms with E-state index in [1.165, 1.54) is 19.3 Å². The maximum Gasteiger partial charge on any atom is 0.119 e. The lowest BCUT2D eigenvalue weighted by Crippen LogP contribution is -2.47. The predicted octanol–water partition coefficient (Wildman–Crippen LogP) is 4.19. The summed E-state index contributed by atoms with van der Waals surface area (Å²) < 4.78 is 11.9. The molecular weight excluding hydrogens is 416 g/mol. The molecule has 0 bridgehead atoms. The molecule has 168 valence electrons. The van der Waals surface area contributed by atoms with Crippen LogP contribution in [0.25, 0.3) is 0 Å². The van der Waals surface area contributed by atoms with Gasteiger partial charge in [-0.1, -0.05) is 42.3 Å². The summed E-state index contributed by atoms with van der Waals surface area (Å²) in [5.74, 6) is 0.911. The van der Waals surface area contributed by atoms with Crippen LogP contribution < -0.4 is 4.74 Å². The van der Waals surface area contributed by atoms with Gasteiger partial charge in [0.1, 0.15) is 18.0 Å². The van der Waals surface area contributed by atoms with Gasteiger partial charge in [0, 0.05) is 11.4 Å². The zero-order chi connectivity index (χ0) is 21.8. The molecule has 2 aromatic rings. The fourth-order valence-corrected chi connectivity index (χ4v) is 4.72. The van der Waals surface area contributed by atoms with Crippen LogP contribution in [0.4, 0.5) is 0 Å². The van der Waals surface area contributed by atoms with Gasteiger partial charge in [-0.2, -0.15) is 0 Å². The van der Waals surface area contributed by atoms with Crippen LogP contribution in [0, 0.1) is 0 Å². The number of rotatable bonds is 6. The molecular formula is C25H31ClO5. The maximum atomic E-state index is 10.1. The van der Waals surface area contributed by atoms with Gasteiger partial charge in [-0.05, 0) is 67.0 Å². The third-order valence-corrected chi connectivity index (χ3v) is 6.73. The van der Waals surface area contributed by atoms with Crippen molar-refractivity contribution in [2.45, 2.75) is 75.5 Å². The Hall–Kier alpha value is -1.63. The summed E-state index contributed by atoms with van der Waals surface area (Å²) in [5.41, 5.74) is 2.97. The topological polar surface area (TPSA) is 79.2 Å². The first-order valence-electron chi connectivity index (χ1n) is 11.2. The molecule has 1 aliphatic carbocycles. The van der Waals surface area contributed by atoms with Crippen molar-refractivity contribution in [3.05, 3.63) is 64.2 Å². The minimum atomic E-state index is -1.08. The van der Waals surface area contributed by atoms with Crippen molar-refractivity contribution in [1.29, 1.82) is 0 Å². The van der Waals surface area contributed by atoms with Crippen molar-refractivity contribution in [3.63, 3.8) is 0 Å². The van der Waals surface area contributed by atoms with E-state index >= 15 is 0 Å². The van der Waals surface area contributed by atoms with Gasteiger partial charge in [0.05, 0.1) is 24.9 Å². The molecule has 1 saturated heterocycles. The first-order valence-corrected chi connectivity index (χ1v) is 11.6. The maximum absolute atomic E-state index is 10.1. The summed E-state index contributed by atoms with van der Waals surface area (Å²) >= 11 is 6.46. The van der Waals surface area contributed by atoms with E-state index in [4.69, 9.17) is 21.1 Å². The van der Waals surface area contributed by atoms with Gasteiger partial charge in [-0.3, -0.25) is 0 Å². The molecule has 2 fully saturated rings. The van der Waals surface area contributed by atoms with E-state index in [0.29, 0.717) is 17.5 Å². The Morgan fingerprint density at radius 2 is 1.74 bits per heavy atom. The summed E-state index contributed by atoms with van der Waals surface area (Å²) in [6, 6.07) is 13.9. The Bertz CT molecular complexity index is 849. The zero-order valence-electron chi connectivity index (χ0n) is 17.6. The fourth-order valence-electron chi connectivity index (χ4n) is 4.53. The van der Waals surface area contributed by atoms with Crippen LogP contribution in [0.2, 0.25) is 5.02 Å². The van der Waals surface area contributed by atoms with Crippen LogP contribution in [0.1, 0.15) is 61.3 Å². The summed E-state index contributed by atoms with van der Waals surface area (Å²) in [4.78, 5) is 0. The summed E-state index contributed by atoms with van der Waals surface area (Å²) in [7, 11) is 0. The van der Waals surface area contributed by atoms with Crippen molar-refractivity contribution < 1.29 is 24.8 Å². The Kier molecular flexibility index (Phi) is 7.51. The van der Waals surface area contributed by atoms with Gasteiger partial charge in [0.25, 0.3) is 0 Å². The van der Waals surface area contributed by atoms with Crippen LogP contribution in [-0.4, -0.2) is 46.3 Å². The van der Waals surface area contributed by atoms with E-state index in [2.05, 4.69) is 12.1 Å². The molecule has 0 aromatic heterocycles. The van der Waals surface area contributed by atoms with E-state index in [-0.39, 0.29) is 13.0 Å². The summed E-state index contributed by atoms with van der Waals surface area (Å²) in [5, 5.41) is 30.2. The van der Waals surface area contributed by atoms with Gasteiger partial charge in [0.15, 0.2) is 0 Å². The highest BCUT2D eigenvalue weighted by Crippen LogP contribution is 2.34. The Labute approximate surface area is 188 Å². The summed E-state index contributed by atoms with van der Waals surface area (Å²) in [6.45, 7) is -0.343. The minimum Gasteiger partial charge on any atom is -0.490 e. The molecule has 1 aliphatic heterocycles. The first-order chi connectivity index (χ1) is 15.0. The van der Waals surface area contributed by atoms with E-state index in [1.54, 1.807) is 0 Å². The molecule has 5 nitrogen and oxygen atoms in total. The van der Waals surface area contributed by atoms with Crippen molar-refractivity contribution >= 4 is 11.6 Å². The lowest BCUT2D eigenvalue weighted by Gasteiger charge is -2.36. The Balaban J connectivity index is 1.44. The molecule has 0 radical (unpaired) electrons. The number of aliphatic hydroxyl groups is 3. The Morgan fingerprint density at radius 1 is 1.00 bits per heavy atom. The molecule has 3 N–H and O–H groups in total. The lowest BCUT2D eigenvalue weighted by molar-refractivity contribution is -0.181. The van der Waals surface area contributed by atoms with Gasteiger partial charge in [-0.25, -0.2) is 0 Å². The van der Waals surface area contributed by atoms with E-state index < -0.39 is 24.4 Å². The number of hydrogen-bond donors (Lipinski definition) is 3. The number of aliphatic hydroxyl groups excluding tert-OH is 3. The molecule has 2 aromatic carbocycles. The second kappa shape index (κ2) is 10.3. The zero-order valence-corrected chi connectivity index (χ0v) is 18.4. The fraction of sp³-hybridized carbons (Fsp3) is 0.520. The molecule has 4 rings (SSSR count). The van der Waals surface area contributed by atoms with Crippen molar-refractivity contribution in [2.24, 2.45) is 0 Å². The molecule has 6 heteroatoms. The third-order valence-electron chi connectivity index (χ3n) is 6.36. The first kappa shape index (κ1) is 22.6. The van der Waals surface area contributed by atoms with Gasteiger partial charge in [0.2, 0.25) is 0 Å². The second-order valence-electron chi connectivity index (χ2n) is 8.69. The average molecular weight is 447 g/mol. The molecule has 1 saturated carbocycles.